The fraction of sp³-hybridized carbons (Fsp3) is 0.810. The van der Waals surface area contributed by atoms with E-state index in [2.05, 4.69) is 16.0 Å². The first-order chi connectivity index (χ1) is 13.9. The second-order valence-corrected chi connectivity index (χ2v) is 6.88. The fourth-order valence-electron chi connectivity index (χ4n) is 3.12. The lowest BCUT2D eigenvalue weighted by Crippen LogP contribution is -2.39. The van der Waals surface area contributed by atoms with Crippen LogP contribution in [-0.2, 0) is 23.9 Å². The molecule has 1 saturated carbocycles. The van der Waals surface area contributed by atoms with Gasteiger partial charge in [0.05, 0.1) is 13.2 Å². The van der Waals surface area contributed by atoms with Crippen LogP contribution in [0.15, 0.2) is 0 Å². The molecule has 0 spiro atoms. The van der Waals surface area contributed by atoms with Crippen LogP contribution in [0.3, 0.4) is 0 Å². The number of hydrogen-bond donors (Lipinski definition) is 3. The Kier molecular flexibility index (Phi) is 15.8. The summed E-state index contributed by atoms with van der Waals surface area (Å²) in [6, 6.07) is 0.154. The second-order valence-electron chi connectivity index (χ2n) is 6.88. The number of ether oxygens (including phenoxy) is 1. The van der Waals surface area contributed by atoms with Gasteiger partial charge in [0, 0.05) is 51.2 Å². The van der Waals surface area contributed by atoms with Crippen LogP contribution in [0.5, 0.6) is 0 Å². The van der Waals surface area contributed by atoms with Crippen molar-refractivity contribution in [2.75, 3.05) is 26.3 Å². The summed E-state index contributed by atoms with van der Waals surface area (Å²) < 4.78 is 5.36. The third kappa shape index (κ3) is 13.8. The van der Waals surface area contributed by atoms with Crippen LogP contribution in [-0.4, -0.2) is 55.8 Å². The Labute approximate surface area is 174 Å². The normalized spacial score (nSPS) is 18.1. The van der Waals surface area contributed by atoms with Gasteiger partial charge in [-0.2, -0.15) is 0 Å². The van der Waals surface area contributed by atoms with E-state index in [1.807, 2.05) is 20.8 Å². The van der Waals surface area contributed by atoms with Crippen molar-refractivity contribution in [1.29, 1.82) is 0 Å². The maximum atomic E-state index is 11.9. The van der Waals surface area contributed by atoms with E-state index in [9.17, 15) is 19.2 Å². The van der Waals surface area contributed by atoms with E-state index in [1.54, 1.807) is 0 Å². The summed E-state index contributed by atoms with van der Waals surface area (Å²) in [5.74, 6) is 0.143. The molecule has 0 aliphatic heterocycles. The molecular formula is C21H39N3O5. The molecule has 0 aromatic heterocycles. The quantitative estimate of drug-likeness (QED) is 0.422. The van der Waals surface area contributed by atoms with E-state index in [0.29, 0.717) is 38.5 Å². The highest BCUT2D eigenvalue weighted by molar-refractivity contribution is 5.81. The molecule has 168 valence electrons. The van der Waals surface area contributed by atoms with Gasteiger partial charge < -0.3 is 20.7 Å². The lowest BCUT2D eigenvalue weighted by molar-refractivity contribution is -0.125. The zero-order valence-corrected chi connectivity index (χ0v) is 18.5. The number of ketones is 1. The second kappa shape index (κ2) is 16.9. The lowest BCUT2D eigenvalue weighted by Gasteiger charge is -2.28. The summed E-state index contributed by atoms with van der Waals surface area (Å²) in [4.78, 5) is 45.8. The molecule has 29 heavy (non-hydrogen) atoms. The number of carbonyl (C=O) groups excluding carboxylic acids is 4. The molecule has 0 atom stereocenters. The van der Waals surface area contributed by atoms with Crippen LogP contribution in [0.2, 0.25) is 0 Å². The number of hydrogen-bond acceptors (Lipinski definition) is 5. The minimum Gasteiger partial charge on any atom is -0.379 e. The Hall–Kier alpha value is -1.96. The molecule has 3 N–H and O–H groups in total. The first-order valence-electron chi connectivity index (χ1n) is 10.8. The van der Waals surface area contributed by atoms with Crippen LogP contribution in [0.25, 0.3) is 0 Å². The maximum Gasteiger partial charge on any atom is 0.222 e. The molecule has 1 aliphatic rings. The fourth-order valence-corrected chi connectivity index (χ4v) is 3.12. The molecule has 8 nitrogen and oxygen atoms in total. The summed E-state index contributed by atoms with van der Waals surface area (Å²) in [6.45, 7) is 8.63. The van der Waals surface area contributed by atoms with Gasteiger partial charge in [0.1, 0.15) is 5.78 Å². The Bertz CT molecular complexity index is 503. The number of nitrogens with one attached hydrogen (secondary N) is 3. The van der Waals surface area contributed by atoms with Crippen molar-refractivity contribution in [3.8, 4) is 0 Å². The van der Waals surface area contributed by atoms with Crippen molar-refractivity contribution in [1.82, 2.24) is 16.0 Å². The highest BCUT2D eigenvalue weighted by atomic mass is 16.5. The van der Waals surface area contributed by atoms with E-state index in [0.717, 1.165) is 25.7 Å². The average molecular weight is 414 g/mol. The van der Waals surface area contributed by atoms with E-state index in [-0.39, 0.29) is 42.5 Å². The van der Waals surface area contributed by atoms with Crippen LogP contribution in [0.4, 0.5) is 0 Å². The summed E-state index contributed by atoms with van der Waals surface area (Å²) >= 11 is 0. The lowest BCUT2D eigenvalue weighted by atomic mass is 9.83. The molecule has 3 amide bonds. The summed E-state index contributed by atoms with van der Waals surface area (Å²) in [7, 11) is 0. The van der Waals surface area contributed by atoms with Crippen molar-refractivity contribution in [3.05, 3.63) is 0 Å². The van der Waals surface area contributed by atoms with Crippen LogP contribution in [0, 0.1) is 5.92 Å². The predicted molar refractivity (Wildman–Crippen MR) is 112 cm³/mol. The Morgan fingerprint density at radius 3 is 2.10 bits per heavy atom. The van der Waals surface area contributed by atoms with Crippen molar-refractivity contribution in [3.63, 3.8) is 0 Å². The van der Waals surface area contributed by atoms with Gasteiger partial charge in [-0.25, -0.2) is 0 Å². The zero-order chi connectivity index (χ0) is 22.1. The van der Waals surface area contributed by atoms with Crippen LogP contribution < -0.4 is 16.0 Å². The molecule has 8 heteroatoms. The van der Waals surface area contributed by atoms with Crippen molar-refractivity contribution < 1.29 is 23.9 Å². The van der Waals surface area contributed by atoms with E-state index < -0.39 is 0 Å². The molecule has 0 heterocycles. The van der Waals surface area contributed by atoms with E-state index in [4.69, 9.17) is 4.74 Å². The Morgan fingerprint density at radius 2 is 1.52 bits per heavy atom. The Balaban J connectivity index is 0.00000379. The number of Topliss-reactive ketones (excluding diaryl/α,β-unsaturated/α-hetero) is 1. The van der Waals surface area contributed by atoms with Gasteiger partial charge in [0.15, 0.2) is 0 Å². The monoisotopic (exact) mass is 413 g/mol. The zero-order valence-electron chi connectivity index (χ0n) is 18.5. The van der Waals surface area contributed by atoms with Crippen molar-refractivity contribution in [2.24, 2.45) is 5.92 Å². The van der Waals surface area contributed by atoms with E-state index >= 15 is 0 Å². The van der Waals surface area contributed by atoms with Gasteiger partial charge in [0.25, 0.3) is 0 Å². The average Bonchev–Trinajstić information content (AvgIpc) is 2.71. The SMILES string of the molecule is CC.CCC(=O)C1CCC(NC(=O)CCOCCNC(=O)CCNC(C)=O)CC1. The van der Waals surface area contributed by atoms with Crippen LogP contribution in [0.1, 0.15) is 72.6 Å². The van der Waals surface area contributed by atoms with Crippen LogP contribution >= 0.6 is 0 Å². The molecule has 0 saturated heterocycles. The third-order valence-electron chi connectivity index (χ3n) is 4.66. The van der Waals surface area contributed by atoms with Gasteiger partial charge in [-0.3, -0.25) is 19.2 Å². The van der Waals surface area contributed by atoms with Gasteiger partial charge in [0.2, 0.25) is 17.7 Å². The van der Waals surface area contributed by atoms with Gasteiger partial charge in [-0.15, -0.1) is 0 Å². The number of rotatable bonds is 12. The molecular weight excluding hydrogens is 374 g/mol. The van der Waals surface area contributed by atoms with Gasteiger partial charge >= 0.3 is 0 Å². The first-order valence-corrected chi connectivity index (χ1v) is 10.8. The minimum absolute atomic E-state index is 0.0420. The molecule has 0 radical (unpaired) electrons. The van der Waals surface area contributed by atoms with Crippen molar-refractivity contribution >= 4 is 23.5 Å². The minimum atomic E-state index is -0.160. The maximum absolute atomic E-state index is 11.9. The highest BCUT2D eigenvalue weighted by Crippen LogP contribution is 2.25. The first kappa shape index (κ1) is 27.0. The molecule has 0 aromatic rings. The smallest absolute Gasteiger partial charge is 0.222 e. The third-order valence-corrected chi connectivity index (χ3v) is 4.66. The highest BCUT2D eigenvalue weighted by Gasteiger charge is 2.25. The molecule has 1 rings (SSSR count). The largest absolute Gasteiger partial charge is 0.379 e. The molecule has 1 fully saturated rings. The number of amides is 3. The molecule has 1 aliphatic carbocycles. The molecule has 0 unspecified atom stereocenters. The number of carbonyl (C=O) groups is 4. The predicted octanol–water partition coefficient (Wildman–Crippen LogP) is 1.72. The molecule has 0 bridgehead atoms. The van der Waals surface area contributed by atoms with Gasteiger partial charge in [-0.05, 0) is 25.7 Å². The topological polar surface area (TPSA) is 114 Å². The molecule has 0 aromatic carbocycles. The van der Waals surface area contributed by atoms with Crippen molar-refractivity contribution in [2.45, 2.75) is 78.7 Å². The summed E-state index contributed by atoms with van der Waals surface area (Å²) in [5.41, 5.74) is 0. The Morgan fingerprint density at radius 1 is 0.862 bits per heavy atom. The van der Waals surface area contributed by atoms with E-state index in [1.165, 1.54) is 6.92 Å². The summed E-state index contributed by atoms with van der Waals surface area (Å²) in [5, 5.41) is 8.24. The standard InChI is InChI=1S/C19H33N3O5.C2H6/c1-3-17(24)15-4-6-16(7-5-15)22-19(26)9-12-27-13-11-21-18(25)8-10-20-14(2)23;1-2/h15-16H,3-13H2,1-2H3,(H,20,23)(H,21,25)(H,22,26);1-2H3. The van der Waals surface area contributed by atoms with Gasteiger partial charge in [-0.1, -0.05) is 20.8 Å². The summed E-state index contributed by atoms with van der Waals surface area (Å²) in [6.07, 6.45) is 4.53.